The molecule has 2 aromatic heterocycles. The SMILES string of the molecule is CCCCc1ccc2cc(CC(C)C(=O)c3c(O)cc(C(C)CC/C=C/NC(=O)OC)oc3=O)oc2c1. The molecule has 0 fully saturated rings. The lowest BCUT2D eigenvalue weighted by molar-refractivity contribution is 0.0918. The Balaban J connectivity index is 1.66. The summed E-state index contributed by atoms with van der Waals surface area (Å²) < 4.78 is 15.9. The first-order valence-corrected chi connectivity index (χ1v) is 12.7. The molecule has 8 heteroatoms. The highest BCUT2D eigenvalue weighted by Gasteiger charge is 2.26. The molecular weight excluding hydrogens is 474 g/mol. The number of ketones is 1. The van der Waals surface area contributed by atoms with Crippen LogP contribution in [0.1, 0.15) is 79.8 Å². The van der Waals surface area contributed by atoms with E-state index in [1.807, 2.05) is 25.1 Å². The van der Waals surface area contributed by atoms with E-state index >= 15 is 0 Å². The van der Waals surface area contributed by atoms with Crippen molar-refractivity contribution >= 4 is 22.8 Å². The van der Waals surface area contributed by atoms with Gasteiger partial charge in [-0.2, -0.15) is 0 Å². The fraction of sp³-hybridized carbons (Fsp3) is 0.414. The first kappa shape index (κ1) is 27.8. The van der Waals surface area contributed by atoms with Crippen LogP contribution < -0.4 is 10.9 Å². The number of carbonyl (C=O) groups is 2. The number of alkyl carbamates (subject to hydrolysis) is 1. The maximum Gasteiger partial charge on any atom is 0.410 e. The van der Waals surface area contributed by atoms with Crippen LogP contribution in [-0.2, 0) is 17.6 Å². The minimum absolute atomic E-state index is 0.194. The zero-order valence-electron chi connectivity index (χ0n) is 21.8. The lowest BCUT2D eigenvalue weighted by atomic mass is 9.94. The summed E-state index contributed by atoms with van der Waals surface area (Å²) >= 11 is 0. The van der Waals surface area contributed by atoms with Crippen LogP contribution in [0.5, 0.6) is 5.75 Å². The summed E-state index contributed by atoms with van der Waals surface area (Å²) in [5.41, 5.74) is 0.792. The van der Waals surface area contributed by atoms with E-state index in [1.54, 1.807) is 13.0 Å². The minimum atomic E-state index is -0.855. The summed E-state index contributed by atoms with van der Waals surface area (Å²) in [6, 6.07) is 9.39. The number of Topliss-reactive ketones (excluding diaryl/α,β-unsaturated/α-hetero) is 1. The summed E-state index contributed by atoms with van der Waals surface area (Å²) in [6.07, 6.45) is 7.35. The fourth-order valence-electron chi connectivity index (χ4n) is 4.13. The largest absolute Gasteiger partial charge is 0.507 e. The summed E-state index contributed by atoms with van der Waals surface area (Å²) in [6.45, 7) is 5.70. The molecule has 0 aliphatic rings. The number of carbonyl (C=O) groups excluding carboxylic acids is 2. The second-order valence-corrected chi connectivity index (χ2v) is 9.37. The first-order valence-electron chi connectivity index (χ1n) is 12.7. The molecule has 0 aliphatic heterocycles. The number of allylic oxidation sites excluding steroid dienone is 1. The molecule has 2 heterocycles. The number of unbranched alkanes of at least 4 members (excludes halogenated alkanes) is 1. The lowest BCUT2D eigenvalue weighted by Gasteiger charge is -2.13. The summed E-state index contributed by atoms with van der Waals surface area (Å²) in [5.74, 6) is -0.732. The second-order valence-electron chi connectivity index (χ2n) is 9.37. The fourth-order valence-corrected chi connectivity index (χ4v) is 4.13. The highest BCUT2D eigenvalue weighted by molar-refractivity contribution is 5.99. The van der Waals surface area contributed by atoms with Crippen molar-refractivity contribution in [3.05, 3.63) is 75.7 Å². The van der Waals surface area contributed by atoms with Gasteiger partial charge in [-0.05, 0) is 43.4 Å². The summed E-state index contributed by atoms with van der Waals surface area (Å²) in [7, 11) is 1.28. The number of fused-ring (bicyclic) bond motifs is 1. The maximum absolute atomic E-state index is 13.1. The quantitative estimate of drug-likeness (QED) is 0.277. The van der Waals surface area contributed by atoms with Crippen molar-refractivity contribution in [1.29, 1.82) is 0 Å². The molecule has 3 aromatic rings. The van der Waals surface area contributed by atoms with Crippen molar-refractivity contribution in [3.63, 3.8) is 0 Å². The number of aryl methyl sites for hydroxylation is 1. The van der Waals surface area contributed by atoms with Gasteiger partial charge in [-0.1, -0.05) is 45.4 Å². The summed E-state index contributed by atoms with van der Waals surface area (Å²) in [4.78, 5) is 36.8. The van der Waals surface area contributed by atoms with E-state index in [-0.39, 0.29) is 23.0 Å². The molecule has 1 amide bonds. The monoisotopic (exact) mass is 509 g/mol. The van der Waals surface area contributed by atoms with Crippen LogP contribution in [0.4, 0.5) is 4.79 Å². The highest BCUT2D eigenvalue weighted by atomic mass is 16.5. The smallest absolute Gasteiger partial charge is 0.410 e. The zero-order valence-corrected chi connectivity index (χ0v) is 21.8. The van der Waals surface area contributed by atoms with Gasteiger partial charge >= 0.3 is 11.7 Å². The Morgan fingerprint density at radius 2 is 1.95 bits per heavy atom. The number of amides is 1. The number of hydrogen-bond acceptors (Lipinski definition) is 7. The first-order chi connectivity index (χ1) is 17.7. The third kappa shape index (κ3) is 7.35. The third-order valence-electron chi connectivity index (χ3n) is 6.36. The van der Waals surface area contributed by atoms with Crippen LogP contribution in [0.15, 0.2) is 56.2 Å². The molecule has 0 bridgehead atoms. The molecule has 0 radical (unpaired) electrons. The molecule has 3 rings (SSSR count). The average Bonchev–Trinajstić information content (AvgIpc) is 3.27. The Morgan fingerprint density at radius 1 is 1.16 bits per heavy atom. The molecule has 8 nitrogen and oxygen atoms in total. The number of furan rings is 1. The van der Waals surface area contributed by atoms with Gasteiger partial charge in [0.1, 0.15) is 28.4 Å². The second kappa shape index (κ2) is 12.9. The number of hydrogen-bond donors (Lipinski definition) is 2. The Kier molecular flexibility index (Phi) is 9.71. The van der Waals surface area contributed by atoms with Gasteiger partial charge < -0.3 is 18.7 Å². The van der Waals surface area contributed by atoms with E-state index in [9.17, 15) is 19.5 Å². The Bertz CT molecular complexity index is 1320. The van der Waals surface area contributed by atoms with Gasteiger partial charge in [-0.3, -0.25) is 10.1 Å². The van der Waals surface area contributed by atoms with Gasteiger partial charge in [0.25, 0.3) is 0 Å². The van der Waals surface area contributed by atoms with Crippen molar-refractivity contribution in [3.8, 4) is 5.75 Å². The van der Waals surface area contributed by atoms with Gasteiger partial charge in [-0.25, -0.2) is 9.59 Å². The number of rotatable bonds is 12. The van der Waals surface area contributed by atoms with E-state index < -0.39 is 23.4 Å². The van der Waals surface area contributed by atoms with E-state index in [4.69, 9.17) is 8.83 Å². The van der Waals surface area contributed by atoms with Gasteiger partial charge in [-0.15, -0.1) is 0 Å². The predicted molar refractivity (Wildman–Crippen MR) is 141 cm³/mol. The van der Waals surface area contributed by atoms with Crippen LogP contribution >= 0.6 is 0 Å². The van der Waals surface area contributed by atoms with Crippen molar-refractivity contribution in [2.24, 2.45) is 5.92 Å². The van der Waals surface area contributed by atoms with Gasteiger partial charge in [0, 0.05) is 35.9 Å². The number of ether oxygens (including phenoxy) is 1. The van der Waals surface area contributed by atoms with Crippen LogP contribution in [-0.4, -0.2) is 24.1 Å². The molecule has 37 heavy (non-hydrogen) atoms. The predicted octanol–water partition coefficient (Wildman–Crippen LogP) is 6.25. The molecule has 1 aromatic carbocycles. The molecule has 2 unspecified atom stereocenters. The lowest BCUT2D eigenvalue weighted by Crippen LogP contribution is -2.22. The number of nitrogens with one attached hydrogen (secondary N) is 1. The van der Waals surface area contributed by atoms with E-state index in [0.717, 1.165) is 30.2 Å². The van der Waals surface area contributed by atoms with Crippen molar-refractivity contribution in [2.45, 2.75) is 65.2 Å². The van der Waals surface area contributed by atoms with Crippen molar-refractivity contribution in [1.82, 2.24) is 5.32 Å². The van der Waals surface area contributed by atoms with Gasteiger partial charge in [0.05, 0.1) is 7.11 Å². The zero-order chi connectivity index (χ0) is 26.9. The third-order valence-corrected chi connectivity index (χ3v) is 6.36. The number of aromatic hydroxyl groups is 1. The molecule has 2 atom stereocenters. The van der Waals surface area contributed by atoms with Crippen LogP contribution in [0, 0.1) is 5.92 Å². The molecule has 0 saturated carbocycles. The van der Waals surface area contributed by atoms with E-state index in [2.05, 4.69) is 23.0 Å². The van der Waals surface area contributed by atoms with Crippen molar-refractivity contribution in [2.75, 3.05) is 7.11 Å². The van der Waals surface area contributed by atoms with E-state index in [0.29, 0.717) is 25.0 Å². The van der Waals surface area contributed by atoms with Gasteiger partial charge in [0.2, 0.25) is 0 Å². The Hall–Kier alpha value is -3.81. The standard InChI is InChI=1S/C29H35NO7/c1-5-6-10-20-11-12-21-16-22(36-25(21)15-20)14-19(3)27(32)26-23(31)17-24(37-28(26)33)18(2)9-7-8-13-30-29(34)35-4/h8,11-13,15-19,31H,5-7,9-10,14H2,1-4H3,(H,30,34)/b13-8+. The normalized spacial score (nSPS) is 13.1. The average molecular weight is 510 g/mol. The summed E-state index contributed by atoms with van der Waals surface area (Å²) in [5, 5.41) is 13.9. The molecule has 2 N–H and O–H groups in total. The molecule has 198 valence electrons. The van der Waals surface area contributed by atoms with Crippen molar-refractivity contribution < 1.29 is 28.3 Å². The highest BCUT2D eigenvalue weighted by Crippen LogP contribution is 2.28. The minimum Gasteiger partial charge on any atom is -0.507 e. The topological polar surface area (TPSA) is 119 Å². The molecule has 0 aliphatic carbocycles. The number of benzene rings is 1. The van der Waals surface area contributed by atoms with E-state index in [1.165, 1.54) is 24.9 Å². The van der Waals surface area contributed by atoms with Crippen LogP contribution in [0.3, 0.4) is 0 Å². The van der Waals surface area contributed by atoms with Gasteiger partial charge in [0.15, 0.2) is 5.78 Å². The van der Waals surface area contributed by atoms with Crippen LogP contribution in [0.2, 0.25) is 0 Å². The Labute approximate surface area is 216 Å². The molecular formula is C29H35NO7. The van der Waals surface area contributed by atoms with Crippen LogP contribution in [0.25, 0.3) is 11.0 Å². The maximum atomic E-state index is 13.1. The molecule has 0 spiro atoms. The molecule has 0 saturated heterocycles. The number of methoxy groups -OCH3 is 1. The Morgan fingerprint density at radius 3 is 2.65 bits per heavy atom.